The molecule has 0 saturated carbocycles. The molecule has 116 valence electrons. The molecule has 0 fully saturated rings. The minimum absolute atomic E-state index is 0.663. The molecule has 0 heterocycles. The van der Waals surface area contributed by atoms with Crippen LogP contribution >= 0.6 is 0 Å². The van der Waals surface area contributed by atoms with Crippen molar-refractivity contribution in [2.75, 3.05) is 20.8 Å². The predicted molar refractivity (Wildman–Crippen MR) is 85.7 cm³/mol. The van der Waals surface area contributed by atoms with E-state index in [0.29, 0.717) is 12.0 Å². The molecular weight excluding hydrogens is 234 g/mol. The van der Waals surface area contributed by atoms with Gasteiger partial charge in [0.2, 0.25) is 0 Å². The van der Waals surface area contributed by atoms with Crippen molar-refractivity contribution in [3.8, 4) is 0 Å². The maximum atomic E-state index is 5.21. The molecule has 2 nitrogen and oxygen atoms in total. The molecule has 0 spiro atoms. The van der Waals surface area contributed by atoms with Crippen LogP contribution in [0, 0.1) is 5.92 Å². The van der Waals surface area contributed by atoms with Crippen molar-refractivity contribution in [3.63, 3.8) is 0 Å². The summed E-state index contributed by atoms with van der Waals surface area (Å²) in [6.07, 6.45) is 13.8. The van der Waals surface area contributed by atoms with Crippen LogP contribution in [0.25, 0.3) is 0 Å². The molecule has 0 aliphatic carbocycles. The van der Waals surface area contributed by atoms with Gasteiger partial charge in [0.1, 0.15) is 0 Å². The Balaban J connectivity index is 3.40. The van der Waals surface area contributed by atoms with E-state index in [1.165, 1.54) is 64.2 Å². The second kappa shape index (κ2) is 14.3. The number of unbranched alkanes of at least 4 members (excludes halogenated alkanes) is 7. The third kappa shape index (κ3) is 12.7. The summed E-state index contributed by atoms with van der Waals surface area (Å²) in [4.78, 5) is 0. The van der Waals surface area contributed by atoms with Crippen molar-refractivity contribution >= 4 is 0 Å². The normalized spacial score (nSPS) is 14.5. The van der Waals surface area contributed by atoms with Crippen LogP contribution in [-0.2, 0) is 4.74 Å². The molecule has 0 saturated heterocycles. The minimum Gasteiger partial charge on any atom is -0.384 e. The Bertz CT molecular complexity index is 173. The van der Waals surface area contributed by atoms with Crippen LogP contribution in [0.15, 0.2) is 0 Å². The fraction of sp³-hybridized carbons (Fsp3) is 1.00. The lowest BCUT2D eigenvalue weighted by atomic mass is 9.97. The fourth-order valence-electron chi connectivity index (χ4n) is 2.74. The topological polar surface area (TPSA) is 21.3 Å². The quantitative estimate of drug-likeness (QED) is 0.459. The van der Waals surface area contributed by atoms with Gasteiger partial charge >= 0.3 is 0 Å². The highest BCUT2D eigenvalue weighted by molar-refractivity contribution is 4.68. The summed E-state index contributed by atoms with van der Waals surface area (Å²) < 4.78 is 5.21. The molecule has 0 aromatic rings. The van der Waals surface area contributed by atoms with Crippen LogP contribution in [0.2, 0.25) is 0 Å². The molecular formula is C17H37NO. The number of hydrogen-bond donors (Lipinski definition) is 1. The molecule has 0 rings (SSSR count). The van der Waals surface area contributed by atoms with Gasteiger partial charge in [-0.1, -0.05) is 65.2 Å². The lowest BCUT2D eigenvalue weighted by Gasteiger charge is -2.20. The van der Waals surface area contributed by atoms with Crippen molar-refractivity contribution < 1.29 is 4.74 Å². The standard InChI is InChI=1S/C17H37NO/c1-5-6-7-8-9-10-11-12-13-17(18-3)14-16(2)15-19-4/h16-18H,5-15H2,1-4H3. The molecule has 0 radical (unpaired) electrons. The zero-order valence-corrected chi connectivity index (χ0v) is 13.8. The first-order valence-electron chi connectivity index (χ1n) is 8.40. The van der Waals surface area contributed by atoms with E-state index in [2.05, 4.69) is 26.2 Å². The van der Waals surface area contributed by atoms with Gasteiger partial charge in [0.25, 0.3) is 0 Å². The predicted octanol–water partition coefficient (Wildman–Crippen LogP) is 4.78. The summed E-state index contributed by atoms with van der Waals surface area (Å²) in [5.41, 5.74) is 0. The Morgan fingerprint density at radius 3 is 2.05 bits per heavy atom. The Labute approximate surface area is 121 Å². The van der Waals surface area contributed by atoms with Gasteiger partial charge < -0.3 is 10.1 Å². The Kier molecular flexibility index (Phi) is 14.3. The molecule has 0 aromatic heterocycles. The second-order valence-electron chi connectivity index (χ2n) is 6.05. The molecule has 2 unspecified atom stereocenters. The summed E-state index contributed by atoms with van der Waals surface area (Å²) in [7, 11) is 3.89. The fourth-order valence-corrected chi connectivity index (χ4v) is 2.74. The first kappa shape index (κ1) is 18.9. The van der Waals surface area contributed by atoms with Crippen molar-refractivity contribution in [2.45, 2.75) is 84.1 Å². The molecule has 19 heavy (non-hydrogen) atoms. The number of ether oxygens (including phenoxy) is 1. The highest BCUT2D eigenvalue weighted by Gasteiger charge is 2.10. The maximum Gasteiger partial charge on any atom is 0.0488 e. The van der Waals surface area contributed by atoms with Gasteiger partial charge in [-0.3, -0.25) is 0 Å². The molecule has 0 bridgehead atoms. The van der Waals surface area contributed by atoms with Gasteiger partial charge in [-0.15, -0.1) is 0 Å². The largest absolute Gasteiger partial charge is 0.384 e. The Morgan fingerprint density at radius 2 is 1.53 bits per heavy atom. The SMILES string of the molecule is CCCCCCCCCCC(CC(C)COC)NC. The van der Waals surface area contributed by atoms with Crippen LogP contribution in [0.4, 0.5) is 0 Å². The van der Waals surface area contributed by atoms with Gasteiger partial charge in [-0.2, -0.15) is 0 Å². The number of methoxy groups -OCH3 is 1. The van der Waals surface area contributed by atoms with E-state index in [4.69, 9.17) is 4.74 Å². The van der Waals surface area contributed by atoms with E-state index in [9.17, 15) is 0 Å². The molecule has 0 aromatic carbocycles. The zero-order chi connectivity index (χ0) is 14.3. The van der Waals surface area contributed by atoms with E-state index in [1.54, 1.807) is 7.11 Å². The van der Waals surface area contributed by atoms with Gasteiger partial charge in [0, 0.05) is 19.8 Å². The molecule has 0 aliphatic heterocycles. The van der Waals surface area contributed by atoms with E-state index >= 15 is 0 Å². The number of rotatable bonds is 14. The number of nitrogens with one attached hydrogen (secondary N) is 1. The van der Waals surface area contributed by atoms with Crippen LogP contribution < -0.4 is 5.32 Å². The molecule has 0 amide bonds. The molecule has 2 heteroatoms. The molecule has 0 aliphatic rings. The van der Waals surface area contributed by atoms with Gasteiger partial charge in [-0.25, -0.2) is 0 Å². The summed E-state index contributed by atoms with van der Waals surface area (Å²) >= 11 is 0. The monoisotopic (exact) mass is 271 g/mol. The lowest BCUT2D eigenvalue weighted by molar-refractivity contribution is 0.149. The lowest BCUT2D eigenvalue weighted by Crippen LogP contribution is -2.28. The smallest absolute Gasteiger partial charge is 0.0488 e. The average molecular weight is 271 g/mol. The highest BCUT2D eigenvalue weighted by Crippen LogP contribution is 2.14. The van der Waals surface area contributed by atoms with E-state index < -0.39 is 0 Å². The van der Waals surface area contributed by atoms with Gasteiger partial charge in [0.15, 0.2) is 0 Å². The Morgan fingerprint density at radius 1 is 0.947 bits per heavy atom. The molecule has 1 N–H and O–H groups in total. The summed E-state index contributed by atoms with van der Waals surface area (Å²) in [5.74, 6) is 0.663. The Hall–Kier alpha value is -0.0800. The summed E-state index contributed by atoms with van der Waals surface area (Å²) in [5, 5.41) is 3.45. The van der Waals surface area contributed by atoms with Crippen molar-refractivity contribution in [1.29, 1.82) is 0 Å². The molecule has 2 atom stereocenters. The van der Waals surface area contributed by atoms with Crippen LogP contribution in [-0.4, -0.2) is 26.8 Å². The average Bonchev–Trinajstić information content (AvgIpc) is 2.40. The summed E-state index contributed by atoms with van der Waals surface area (Å²) in [6.45, 7) is 5.44. The van der Waals surface area contributed by atoms with Crippen LogP contribution in [0.3, 0.4) is 0 Å². The van der Waals surface area contributed by atoms with Gasteiger partial charge in [-0.05, 0) is 25.8 Å². The highest BCUT2D eigenvalue weighted by atomic mass is 16.5. The van der Waals surface area contributed by atoms with Crippen molar-refractivity contribution in [3.05, 3.63) is 0 Å². The third-order valence-electron chi connectivity index (χ3n) is 3.95. The van der Waals surface area contributed by atoms with Gasteiger partial charge in [0.05, 0.1) is 0 Å². The van der Waals surface area contributed by atoms with Crippen molar-refractivity contribution in [1.82, 2.24) is 5.32 Å². The number of hydrogen-bond acceptors (Lipinski definition) is 2. The summed E-state index contributed by atoms with van der Waals surface area (Å²) in [6, 6.07) is 0.672. The van der Waals surface area contributed by atoms with Crippen LogP contribution in [0.5, 0.6) is 0 Å². The third-order valence-corrected chi connectivity index (χ3v) is 3.95. The van der Waals surface area contributed by atoms with E-state index in [1.807, 2.05) is 0 Å². The second-order valence-corrected chi connectivity index (χ2v) is 6.05. The maximum absolute atomic E-state index is 5.21. The van der Waals surface area contributed by atoms with Crippen LogP contribution in [0.1, 0.15) is 78.1 Å². The van der Waals surface area contributed by atoms with Crippen molar-refractivity contribution in [2.24, 2.45) is 5.92 Å². The van der Waals surface area contributed by atoms with E-state index in [0.717, 1.165) is 6.61 Å². The first-order valence-corrected chi connectivity index (χ1v) is 8.40. The zero-order valence-electron chi connectivity index (χ0n) is 13.8. The first-order chi connectivity index (χ1) is 9.24. The minimum atomic E-state index is 0.663. The van der Waals surface area contributed by atoms with E-state index in [-0.39, 0.29) is 0 Å².